The molecule has 0 aliphatic carbocycles. The van der Waals surface area contributed by atoms with Gasteiger partial charge >= 0.3 is 6.18 Å². The maximum absolute atomic E-state index is 13.1. The first kappa shape index (κ1) is 18.6. The van der Waals surface area contributed by atoms with Crippen LogP contribution in [-0.4, -0.2) is 28.5 Å². The molecule has 0 aliphatic heterocycles. The van der Waals surface area contributed by atoms with Crippen LogP contribution in [0.15, 0.2) is 61.1 Å². The molecule has 8 heteroatoms. The van der Waals surface area contributed by atoms with Crippen LogP contribution in [0, 0.1) is 0 Å². The third-order valence-electron chi connectivity index (χ3n) is 4.00. The van der Waals surface area contributed by atoms with Crippen LogP contribution in [0.5, 0.6) is 0 Å². The first-order valence-corrected chi connectivity index (χ1v) is 8.30. The van der Waals surface area contributed by atoms with Crippen LogP contribution in [0.1, 0.15) is 11.1 Å². The molecule has 0 spiro atoms. The van der Waals surface area contributed by atoms with Gasteiger partial charge in [0.25, 0.3) is 0 Å². The van der Waals surface area contributed by atoms with Crippen molar-refractivity contribution in [3.8, 4) is 0 Å². The van der Waals surface area contributed by atoms with Crippen LogP contribution in [0.3, 0.4) is 0 Å². The predicted octanol–water partition coefficient (Wildman–Crippen LogP) is 4.31. The Balaban J connectivity index is 1.72. The Morgan fingerprint density at radius 3 is 2.48 bits per heavy atom. The van der Waals surface area contributed by atoms with E-state index in [9.17, 15) is 13.2 Å². The van der Waals surface area contributed by atoms with Gasteiger partial charge in [0.1, 0.15) is 5.82 Å². The number of benzene rings is 1. The van der Waals surface area contributed by atoms with Crippen molar-refractivity contribution < 1.29 is 13.2 Å². The van der Waals surface area contributed by atoms with Crippen molar-refractivity contribution >= 4 is 17.5 Å². The molecule has 2 aromatic heterocycles. The first-order valence-electron chi connectivity index (χ1n) is 8.30. The predicted molar refractivity (Wildman–Crippen MR) is 98.0 cm³/mol. The molecule has 3 rings (SSSR count). The van der Waals surface area contributed by atoms with Crippen LogP contribution in [0.2, 0.25) is 0 Å². The van der Waals surface area contributed by atoms with E-state index in [4.69, 9.17) is 0 Å². The molecular formula is C19H18F3N5. The highest BCUT2D eigenvalue weighted by atomic mass is 19.4. The van der Waals surface area contributed by atoms with Crippen LogP contribution in [-0.2, 0) is 12.6 Å². The van der Waals surface area contributed by atoms with E-state index in [2.05, 4.69) is 20.3 Å². The SMILES string of the molecule is CN(CCc1ccncc1)c1ccnc(Nc2ccccc2C(F)(F)F)n1. The zero-order chi connectivity index (χ0) is 19.3. The molecule has 27 heavy (non-hydrogen) atoms. The average Bonchev–Trinajstić information content (AvgIpc) is 2.67. The fourth-order valence-electron chi connectivity index (χ4n) is 2.54. The van der Waals surface area contributed by atoms with Gasteiger partial charge in [0.15, 0.2) is 0 Å². The number of alkyl halides is 3. The van der Waals surface area contributed by atoms with E-state index in [1.807, 2.05) is 24.1 Å². The molecule has 0 bridgehead atoms. The van der Waals surface area contributed by atoms with Gasteiger partial charge in [-0.1, -0.05) is 12.1 Å². The third-order valence-corrected chi connectivity index (χ3v) is 4.00. The maximum Gasteiger partial charge on any atom is 0.418 e. The highest BCUT2D eigenvalue weighted by Gasteiger charge is 2.33. The zero-order valence-corrected chi connectivity index (χ0v) is 14.6. The summed E-state index contributed by atoms with van der Waals surface area (Å²) in [6.07, 6.45) is 1.33. The largest absolute Gasteiger partial charge is 0.418 e. The van der Waals surface area contributed by atoms with E-state index in [1.165, 1.54) is 24.4 Å². The number of rotatable bonds is 6. The number of anilines is 3. The van der Waals surface area contributed by atoms with Crippen molar-refractivity contribution in [2.24, 2.45) is 0 Å². The molecule has 140 valence electrons. The lowest BCUT2D eigenvalue weighted by Crippen LogP contribution is -2.22. The van der Waals surface area contributed by atoms with Gasteiger partial charge < -0.3 is 10.2 Å². The summed E-state index contributed by atoms with van der Waals surface area (Å²) in [5.74, 6) is 0.728. The summed E-state index contributed by atoms with van der Waals surface area (Å²) in [5.41, 5.74) is 0.301. The molecule has 0 unspecified atom stereocenters. The fraction of sp³-hybridized carbons (Fsp3) is 0.211. The number of hydrogen-bond acceptors (Lipinski definition) is 5. The second kappa shape index (κ2) is 8.03. The lowest BCUT2D eigenvalue weighted by Gasteiger charge is -2.19. The average molecular weight is 373 g/mol. The number of para-hydroxylation sites is 1. The van der Waals surface area contributed by atoms with Crippen LogP contribution in [0.4, 0.5) is 30.6 Å². The number of aromatic nitrogens is 3. The quantitative estimate of drug-likeness (QED) is 0.698. The highest BCUT2D eigenvalue weighted by molar-refractivity contribution is 5.60. The van der Waals surface area contributed by atoms with Crippen molar-refractivity contribution in [1.82, 2.24) is 15.0 Å². The topological polar surface area (TPSA) is 53.9 Å². The monoisotopic (exact) mass is 373 g/mol. The summed E-state index contributed by atoms with van der Waals surface area (Å²) in [4.78, 5) is 14.3. The molecule has 0 saturated carbocycles. The summed E-state index contributed by atoms with van der Waals surface area (Å²) in [6.45, 7) is 0.694. The molecule has 1 aromatic carbocycles. The minimum Gasteiger partial charge on any atom is -0.359 e. The van der Waals surface area contributed by atoms with Gasteiger partial charge in [0, 0.05) is 32.2 Å². The number of halogens is 3. The van der Waals surface area contributed by atoms with Gasteiger partial charge in [-0.2, -0.15) is 18.2 Å². The minimum absolute atomic E-state index is 0.0819. The molecule has 0 radical (unpaired) electrons. The molecule has 0 aliphatic rings. The number of nitrogens with zero attached hydrogens (tertiary/aromatic N) is 4. The van der Waals surface area contributed by atoms with Gasteiger partial charge in [0.05, 0.1) is 11.3 Å². The smallest absolute Gasteiger partial charge is 0.359 e. The van der Waals surface area contributed by atoms with Crippen molar-refractivity contribution in [3.05, 3.63) is 72.2 Å². The van der Waals surface area contributed by atoms with Crippen LogP contribution < -0.4 is 10.2 Å². The van der Waals surface area contributed by atoms with E-state index in [-0.39, 0.29) is 11.6 Å². The van der Waals surface area contributed by atoms with Gasteiger partial charge in [0.2, 0.25) is 5.95 Å². The number of nitrogens with one attached hydrogen (secondary N) is 1. The van der Waals surface area contributed by atoms with Crippen molar-refractivity contribution in [2.75, 3.05) is 23.8 Å². The minimum atomic E-state index is -4.46. The van der Waals surface area contributed by atoms with Crippen LogP contribution in [0.25, 0.3) is 0 Å². The Bertz CT molecular complexity index is 884. The molecule has 5 nitrogen and oxygen atoms in total. The molecule has 0 fully saturated rings. The van der Waals surface area contributed by atoms with E-state index in [1.54, 1.807) is 18.5 Å². The van der Waals surface area contributed by atoms with Crippen molar-refractivity contribution in [1.29, 1.82) is 0 Å². The number of hydrogen-bond donors (Lipinski definition) is 1. The fourth-order valence-corrected chi connectivity index (χ4v) is 2.54. The Morgan fingerprint density at radius 2 is 1.74 bits per heavy atom. The van der Waals surface area contributed by atoms with Crippen molar-refractivity contribution in [3.63, 3.8) is 0 Å². The summed E-state index contributed by atoms with van der Waals surface area (Å²) < 4.78 is 39.4. The third kappa shape index (κ3) is 4.93. The molecule has 0 amide bonds. The van der Waals surface area contributed by atoms with Gasteiger partial charge in [-0.25, -0.2) is 4.98 Å². The number of pyridine rings is 1. The molecule has 0 atom stereocenters. The Morgan fingerprint density at radius 1 is 1.00 bits per heavy atom. The number of likely N-dealkylation sites (N-methyl/N-ethyl adjacent to an activating group) is 1. The van der Waals surface area contributed by atoms with Crippen molar-refractivity contribution in [2.45, 2.75) is 12.6 Å². The molecule has 2 heterocycles. The zero-order valence-electron chi connectivity index (χ0n) is 14.6. The van der Waals surface area contributed by atoms with Crippen LogP contribution >= 0.6 is 0 Å². The summed E-state index contributed by atoms with van der Waals surface area (Å²) in [6, 6.07) is 10.8. The first-order chi connectivity index (χ1) is 12.9. The van der Waals surface area contributed by atoms with E-state index < -0.39 is 11.7 Å². The Kier molecular flexibility index (Phi) is 5.54. The van der Waals surface area contributed by atoms with E-state index in [0.717, 1.165) is 18.1 Å². The lowest BCUT2D eigenvalue weighted by molar-refractivity contribution is -0.136. The lowest BCUT2D eigenvalue weighted by atomic mass is 10.1. The summed E-state index contributed by atoms with van der Waals surface area (Å²) in [7, 11) is 1.87. The molecule has 3 aromatic rings. The standard InChI is InChI=1S/C19H18F3N5/c1-27(13-9-14-6-10-23-11-7-14)17-8-12-24-18(26-17)25-16-5-3-2-4-15(16)19(20,21)22/h2-8,10-12H,9,13H2,1H3,(H,24,25,26). The Hall–Kier alpha value is -3.16. The van der Waals surface area contributed by atoms with E-state index >= 15 is 0 Å². The second-order valence-corrected chi connectivity index (χ2v) is 5.93. The van der Waals surface area contributed by atoms with Gasteiger partial charge in [-0.3, -0.25) is 4.98 Å². The normalized spacial score (nSPS) is 11.3. The van der Waals surface area contributed by atoms with E-state index in [0.29, 0.717) is 12.4 Å². The second-order valence-electron chi connectivity index (χ2n) is 5.93. The molecule has 0 saturated heterocycles. The van der Waals surface area contributed by atoms with Gasteiger partial charge in [-0.05, 0) is 42.3 Å². The summed E-state index contributed by atoms with van der Waals surface area (Å²) in [5, 5.41) is 2.67. The highest BCUT2D eigenvalue weighted by Crippen LogP contribution is 2.35. The van der Waals surface area contributed by atoms with Gasteiger partial charge in [-0.15, -0.1) is 0 Å². The summed E-state index contributed by atoms with van der Waals surface area (Å²) >= 11 is 0. The molecule has 1 N–H and O–H groups in total. The molecular weight excluding hydrogens is 355 g/mol. The maximum atomic E-state index is 13.1. The Labute approximate surface area is 154 Å².